The van der Waals surface area contributed by atoms with Gasteiger partial charge in [0.1, 0.15) is 5.69 Å². The Kier molecular flexibility index (Phi) is 3.57. The Bertz CT molecular complexity index is 891. The molecule has 0 unspecified atom stereocenters. The molecule has 0 spiro atoms. The van der Waals surface area contributed by atoms with Crippen molar-refractivity contribution >= 4 is 38.9 Å². The summed E-state index contributed by atoms with van der Waals surface area (Å²) >= 11 is 1.06. The molecule has 21 heavy (non-hydrogen) atoms. The maximum absolute atomic E-state index is 12.3. The van der Waals surface area contributed by atoms with Crippen molar-refractivity contribution in [2.45, 2.75) is 13.3 Å². The number of rotatable bonds is 3. The molecule has 0 saturated heterocycles. The van der Waals surface area contributed by atoms with Gasteiger partial charge in [0.05, 0.1) is 24.1 Å². The lowest BCUT2D eigenvalue weighted by molar-refractivity contribution is -0.142. The van der Waals surface area contributed by atoms with Crippen LogP contribution in [0.15, 0.2) is 29.1 Å². The molecule has 2 aromatic heterocycles. The van der Waals surface area contributed by atoms with E-state index in [2.05, 4.69) is 14.3 Å². The summed E-state index contributed by atoms with van der Waals surface area (Å²) in [5.74, 6) is -0.470. The van der Waals surface area contributed by atoms with Crippen LogP contribution < -0.4 is 5.43 Å². The first kappa shape index (κ1) is 13.6. The number of carbonyl (C=O) groups is 1. The molecule has 0 bridgehead atoms. The van der Waals surface area contributed by atoms with E-state index < -0.39 is 5.97 Å². The summed E-state index contributed by atoms with van der Waals surface area (Å²) in [5, 5.41) is 0. The summed E-state index contributed by atoms with van der Waals surface area (Å²) in [7, 11) is 0. The van der Waals surface area contributed by atoms with Crippen LogP contribution in [-0.4, -0.2) is 26.9 Å². The molecule has 0 aliphatic carbocycles. The molecule has 0 fully saturated rings. The van der Waals surface area contributed by atoms with Crippen LogP contribution in [0.2, 0.25) is 0 Å². The number of hydrogen-bond donors (Lipinski definition) is 0. The highest BCUT2D eigenvalue weighted by Gasteiger charge is 2.14. The predicted octanol–water partition coefficient (Wildman–Crippen LogP) is 1.71. The summed E-state index contributed by atoms with van der Waals surface area (Å²) < 4.78 is 8.90. The third-order valence-electron chi connectivity index (χ3n) is 2.88. The zero-order chi connectivity index (χ0) is 14.8. The molecular weight excluding hydrogens is 290 g/mol. The molecule has 0 saturated carbocycles. The Morgan fingerprint density at radius 3 is 2.67 bits per heavy atom. The largest absolute Gasteiger partial charge is 0.466 e. The number of hydrogen-bond acceptors (Lipinski definition) is 7. The molecule has 106 valence electrons. The van der Waals surface area contributed by atoms with Crippen LogP contribution in [0.4, 0.5) is 0 Å². The van der Waals surface area contributed by atoms with Crippen LogP contribution in [0.3, 0.4) is 0 Å². The molecule has 0 aliphatic rings. The average Bonchev–Trinajstić information content (AvgIpc) is 2.49. The van der Waals surface area contributed by atoms with Gasteiger partial charge in [-0.2, -0.15) is 4.37 Å². The highest BCUT2D eigenvalue weighted by molar-refractivity contribution is 7.12. The van der Waals surface area contributed by atoms with Gasteiger partial charge < -0.3 is 4.74 Å². The van der Waals surface area contributed by atoms with Gasteiger partial charge in [0.15, 0.2) is 10.3 Å². The van der Waals surface area contributed by atoms with Crippen molar-refractivity contribution in [3.8, 4) is 0 Å². The number of esters is 1. The van der Waals surface area contributed by atoms with Crippen molar-refractivity contribution in [1.29, 1.82) is 0 Å². The number of carbonyl (C=O) groups excluding carboxylic acids is 1. The molecule has 0 radical (unpaired) electrons. The highest BCUT2D eigenvalue weighted by Crippen LogP contribution is 2.16. The quantitative estimate of drug-likeness (QED) is 0.541. The molecule has 7 heteroatoms. The molecule has 0 N–H and O–H groups in total. The lowest BCUT2D eigenvalue weighted by Gasteiger charge is -2.02. The topological polar surface area (TPSA) is 82.0 Å². The first-order valence-electron chi connectivity index (χ1n) is 6.40. The van der Waals surface area contributed by atoms with E-state index in [-0.39, 0.29) is 29.7 Å². The molecule has 2 heterocycles. The lowest BCUT2D eigenvalue weighted by Crippen LogP contribution is -2.18. The molecule has 3 aromatic rings. The monoisotopic (exact) mass is 301 g/mol. The van der Waals surface area contributed by atoms with Gasteiger partial charge >= 0.3 is 5.97 Å². The zero-order valence-corrected chi connectivity index (χ0v) is 12.0. The van der Waals surface area contributed by atoms with Crippen molar-refractivity contribution in [3.63, 3.8) is 0 Å². The summed E-state index contributed by atoms with van der Waals surface area (Å²) in [6, 6.07) is 7.30. The van der Waals surface area contributed by atoms with Gasteiger partial charge in [-0.1, -0.05) is 12.1 Å². The van der Waals surface area contributed by atoms with Gasteiger partial charge in [-0.05, 0) is 30.6 Å². The molecular formula is C14H11N3O3S. The van der Waals surface area contributed by atoms with Gasteiger partial charge in [-0.3, -0.25) is 9.59 Å². The van der Waals surface area contributed by atoms with Gasteiger partial charge in [-0.25, -0.2) is 9.97 Å². The van der Waals surface area contributed by atoms with Crippen molar-refractivity contribution in [3.05, 3.63) is 40.2 Å². The number of nitrogens with zero attached hydrogens (tertiary/aromatic N) is 3. The van der Waals surface area contributed by atoms with E-state index in [0.717, 1.165) is 11.5 Å². The van der Waals surface area contributed by atoms with Gasteiger partial charge in [0.25, 0.3) is 0 Å². The van der Waals surface area contributed by atoms with E-state index in [9.17, 15) is 9.59 Å². The molecule has 0 atom stereocenters. The Hall–Kier alpha value is -2.41. The summed E-state index contributed by atoms with van der Waals surface area (Å²) in [5.41, 5.74) is 1.38. The molecule has 0 aliphatic heterocycles. The van der Waals surface area contributed by atoms with Crippen LogP contribution in [-0.2, 0) is 16.0 Å². The predicted molar refractivity (Wildman–Crippen MR) is 79.3 cm³/mol. The average molecular weight is 301 g/mol. The van der Waals surface area contributed by atoms with Crippen molar-refractivity contribution in [2.75, 3.05) is 6.61 Å². The highest BCUT2D eigenvalue weighted by atomic mass is 32.1. The molecule has 6 nitrogen and oxygen atoms in total. The van der Waals surface area contributed by atoms with Crippen molar-refractivity contribution in [2.24, 2.45) is 0 Å². The third kappa shape index (κ3) is 2.59. The summed E-state index contributed by atoms with van der Waals surface area (Å²) in [6.45, 7) is 1.98. The number of fused-ring (bicyclic) bond motifs is 2. The summed E-state index contributed by atoms with van der Waals surface area (Å²) in [4.78, 5) is 33.0. The SMILES string of the molecule is CCOC(=O)Cc1nsc2nc3ccccc3nc2c1=O. The zero-order valence-electron chi connectivity index (χ0n) is 11.2. The van der Waals surface area contributed by atoms with Crippen LogP contribution in [0.1, 0.15) is 12.6 Å². The van der Waals surface area contributed by atoms with Gasteiger partial charge in [0, 0.05) is 0 Å². The fourth-order valence-electron chi connectivity index (χ4n) is 1.93. The fourth-order valence-corrected chi connectivity index (χ4v) is 2.64. The van der Waals surface area contributed by atoms with E-state index in [1.54, 1.807) is 13.0 Å². The van der Waals surface area contributed by atoms with E-state index in [0.29, 0.717) is 15.9 Å². The second kappa shape index (κ2) is 5.53. The minimum absolute atomic E-state index is 0.145. The van der Waals surface area contributed by atoms with Gasteiger partial charge in [0.2, 0.25) is 5.43 Å². The molecule has 1 aromatic carbocycles. The second-order valence-electron chi connectivity index (χ2n) is 4.31. The van der Waals surface area contributed by atoms with E-state index in [1.807, 2.05) is 18.2 Å². The van der Waals surface area contributed by atoms with E-state index in [4.69, 9.17) is 4.74 Å². The maximum atomic E-state index is 12.3. The van der Waals surface area contributed by atoms with Crippen LogP contribution in [0.25, 0.3) is 21.4 Å². The lowest BCUT2D eigenvalue weighted by atomic mass is 10.2. The second-order valence-corrected chi connectivity index (χ2v) is 5.06. The first-order valence-corrected chi connectivity index (χ1v) is 7.17. The van der Waals surface area contributed by atoms with Crippen molar-refractivity contribution in [1.82, 2.24) is 14.3 Å². The van der Waals surface area contributed by atoms with Gasteiger partial charge in [-0.15, -0.1) is 0 Å². The van der Waals surface area contributed by atoms with Crippen LogP contribution >= 0.6 is 11.5 Å². The van der Waals surface area contributed by atoms with Crippen LogP contribution in [0.5, 0.6) is 0 Å². The molecule has 3 rings (SSSR count). The number of para-hydroxylation sites is 2. The Labute approximate surface area is 123 Å². The minimum Gasteiger partial charge on any atom is -0.466 e. The Balaban J connectivity index is 2.13. The maximum Gasteiger partial charge on any atom is 0.312 e. The summed E-state index contributed by atoms with van der Waals surface area (Å²) in [6.07, 6.45) is -0.145. The van der Waals surface area contributed by atoms with E-state index in [1.165, 1.54) is 0 Å². The Morgan fingerprint density at radius 1 is 1.24 bits per heavy atom. The Morgan fingerprint density at radius 2 is 1.95 bits per heavy atom. The van der Waals surface area contributed by atoms with Crippen LogP contribution in [0, 0.1) is 0 Å². The number of aromatic nitrogens is 3. The smallest absolute Gasteiger partial charge is 0.312 e. The number of benzene rings is 1. The minimum atomic E-state index is -0.470. The van der Waals surface area contributed by atoms with E-state index >= 15 is 0 Å². The normalized spacial score (nSPS) is 10.9. The fraction of sp³-hybridized carbons (Fsp3) is 0.214. The number of ether oxygens (including phenoxy) is 1. The third-order valence-corrected chi connectivity index (χ3v) is 3.64. The molecule has 0 amide bonds. The first-order chi connectivity index (χ1) is 10.2. The van der Waals surface area contributed by atoms with Crippen molar-refractivity contribution < 1.29 is 9.53 Å². The standard InChI is InChI=1S/C14H11N3O3S/c1-2-20-11(18)7-10-13(19)12-14(21-17-10)16-9-6-4-3-5-8(9)15-12/h3-6H,2,7H2,1H3.